The second kappa shape index (κ2) is 6.55. The molecule has 0 aliphatic carbocycles. The maximum absolute atomic E-state index is 14.2. The lowest BCUT2D eigenvalue weighted by atomic mass is 10.0. The minimum atomic E-state index is -3.12. The fourth-order valence-electron chi connectivity index (χ4n) is 2.38. The number of rotatable bonds is 4. The highest BCUT2D eigenvalue weighted by Gasteiger charge is 2.25. The lowest BCUT2D eigenvalue weighted by molar-refractivity contribution is 0.0171. The topological polar surface area (TPSA) is 35.0 Å². The summed E-state index contributed by atoms with van der Waals surface area (Å²) in [5.41, 5.74) is 1.97. The van der Waals surface area contributed by atoms with Crippen LogP contribution in [0.5, 0.6) is 11.6 Å². The maximum Gasteiger partial charge on any atom is 0.270 e. The molecule has 0 bridgehead atoms. The van der Waals surface area contributed by atoms with E-state index in [2.05, 4.69) is 9.97 Å². The molecule has 0 radical (unpaired) electrons. The van der Waals surface area contributed by atoms with E-state index in [1.54, 1.807) is 24.5 Å². The summed E-state index contributed by atoms with van der Waals surface area (Å²) in [5.74, 6) is -4.00. The number of pyridine rings is 2. The van der Waals surface area contributed by atoms with Gasteiger partial charge in [-0.15, -0.1) is 0 Å². The third-order valence-electron chi connectivity index (χ3n) is 3.75. The molecule has 2 heterocycles. The zero-order valence-corrected chi connectivity index (χ0v) is 13.6. The number of aryl methyl sites for hydroxylation is 1. The Morgan fingerprint density at radius 1 is 1.04 bits per heavy atom. The van der Waals surface area contributed by atoms with Gasteiger partial charge in [0.25, 0.3) is 5.92 Å². The van der Waals surface area contributed by atoms with Gasteiger partial charge in [0.05, 0.1) is 0 Å². The Hall–Kier alpha value is -2.89. The maximum atomic E-state index is 14.2. The lowest BCUT2D eigenvalue weighted by Gasteiger charge is -2.14. The summed E-state index contributed by atoms with van der Waals surface area (Å²) in [7, 11) is 0. The van der Waals surface area contributed by atoms with Gasteiger partial charge in [0.1, 0.15) is 0 Å². The van der Waals surface area contributed by atoms with E-state index in [9.17, 15) is 13.2 Å². The SMILES string of the molecule is Cc1ccncc1-c1cccnc1Oc1ccc(C(C)(F)F)cc1F. The number of nitrogens with zero attached hydrogens (tertiary/aromatic N) is 2. The number of benzene rings is 1. The second-order valence-corrected chi connectivity index (χ2v) is 5.68. The monoisotopic (exact) mass is 344 g/mol. The molecule has 0 atom stereocenters. The minimum Gasteiger partial charge on any atom is -0.435 e. The van der Waals surface area contributed by atoms with Crippen molar-refractivity contribution in [2.45, 2.75) is 19.8 Å². The number of aromatic nitrogens is 2. The highest BCUT2D eigenvalue weighted by atomic mass is 19.3. The quantitative estimate of drug-likeness (QED) is 0.627. The van der Waals surface area contributed by atoms with Crippen LogP contribution in [-0.4, -0.2) is 9.97 Å². The van der Waals surface area contributed by atoms with Gasteiger partial charge in [-0.25, -0.2) is 18.2 Å². The average Bonchev–Trinajstić information content (AvgIpc) is 2.57. The molecule has 0 saturated carbocycles. The molecule has 1 aromatic carbocycles. The summed E-state index contributed by atoms with van der Waals surface area (Å²) in [6.07, 6.45) is 4.84. The van der Waals surface area contributed by atoms with Gasteiger partial charge in [0.15, 0.2) is 11.6 Å². The van der Waals surface area contributed by atoms with E-state index in [0.717, 1.165) is 23.3 Å². The van der Waals surface area contributed by atoms with E-state index in [-0.39, 0.29) is 11.6 Å². The lowest BCUT2D eigenvalue weighted by Crippen LogP contribution is -2.07. The molecule has 3 rings (SSSR count). The summed E-state index contributed by atoms with van der Waals surface area (Å²) in [6, 6.07) is 8.43. The number of ether oxygens (including phenoxy) is 1. The molecule has 0 spiro atoms. The van der Waals surface area contributed by atoms with Crippen LogP contribution in [0.1, 0.15) is 18.1 Å². The molecular formula is C19H15F3N2O. The van der Waals surface area contributed by atoms with Crippen molar-refractivity contribution >= 4 is 0 Å². The molecule has 0 N–H and O–H groups in total. The van der Waals surface area contributed by atoms with Crippen molar-refractivity contribution in [3.8, 4) is 22.8 Å². The Balaban J connectivity index is 1.99. The van der Waals surface area contributed by atoms with Crippen LogP contribution in [0.15, 0.2) is 55.0 Å². The van der Waals surface area contributed by atoms with E-state index < -0.39 is 17.3 Å². The average molecular weight is 344 g/mol. The summed E-state index contributed by atoms with van der Waals surface area (Å²) in [6.45, 7) is 2.62. The van der Waals surface area contributed by atoms with Crippen LogP contribution < -0.4 is 4.74 Å². The minimum absolute atomic E-state index is 0.172. The molecule has 0 amide bonds. The third kappa shape index (κ3) is 3.63. The number of halogens is 3. The molecule has 0 aliphatic rings. The predicted octanol–water partition coefficient (Wildman–Crippen LogP) is 5.50. The Morgan fingerprint density at radius 2 is 1.84 bits per heavy atom. The van der Waals surface area contributed by atoms with Crippen LogP contribution in [0.25, 0.3) is 11.1 Å². The third-order valence-corrected chi connectivity index (χ3v) is 3.75. The van der Waals surface area contributed by atoms with Gasteiger partial charge in [-0.05, 0) is 48.9 Å². The predicted molar refractivity (Wildman–Crippen MR) is 88.2 cm³/mol. The summed E-state index contributed by atoms with van der Waals surface area (Å²) in [5, 5.41) is 0. The Kier molecular flexibility index (Phi) is 4.44. The van der Waals surface area contributed by atoms with Crippen molar-refractivity contribution in [2.24, 2.45) is 0 Å². The van der Waals surface area contributed by atoms with Gasteiger partial charge in [-0.1, -0.05) is 0 Å². The largest absolute Gasteiger partial charge is 0.435 e. The molecule has 128 valence electrons. The first kappa shape index (κ1) is 17.0. The van der Waals surface area contributed by atoms with Crippen molar-refractivity contribution in [1.82, 2.24) is 9.97 Å². The van der Waals surface area contributed by atoms with Crippen molar-refractivity contribution in [3.05, 3.63) is 71.9 Å². The summed E-state index contributed by atoms with van der Waals surface area (Å²) >= 11 is 0. The first-order valence-electron chi connectivity index (χ1n) is 7.58. The van der Waals surface area contributed by atoms with Crippen LogP contribution in [0.4, 0.5) is 13.2 Å². The van der Waals surface area contributed by atoms with Gasteiger partial charge in [0.2, 0.25) is 5.88 Å². The fourth-order valence-corrected chi connectivity index (χ4v) is 2.38. The zero-order chi connectivity index (χ0) is 18.0. The highest BCUT2D eigenvalue weighted by Crippen LogP contribution is 2.35. The van der Waals surface area contributed by atoms with Crippen molar-refractivity contribution in [3.63, 3.8) is 0 Å². The standard InChI is InChI=1S/C19H15F3N2O/c1-12-7-9-23-11-15(12)14-4-3-8-24-18(14)25-17-6-5-13(10-16(17)20)19(2,21)22/h3-11H,1-2H3. The van der Waals surface area contributed by atoms with Crippen LogP contribution in [0, 0.1) is 12.7 Å². The number of hydrogen-bond acceptors (Lipinski definition) is 3. The number of alkyl halides is 2. The first-order chi connectivity index (χ1) is 11.9. The van der Waals surface area contributed by atoms with E-state index in [1.165, 1.54) is 12.3 Å². The molecule has 3 nitrogen and oxygen atoms in total. The van der Waals surface area contributed by atoms with E-state index in [1.807, 2.05) is 13.0 Å². The van der Waals surface area contributed by atoms with E-state index >= 15 is 0 Å². The Morgan fingerprint density at radius 3 is 2.52 bits per heavy atom. The van der Waals surface area contributed by atoms with Crippen LogP contribution in [0.3, 0.4) is 0 Å². The summed E-state index contributed by atoms with van der Waals surface area (Å²) < 4.78 is 46.3. The van der Waals surface area contributed by atoms with Crippen LogP contribution in [-0.2, 0) is 5.92 Å². The molecule has 0 fully saturated rings. The van der Waals surface area contributed by atoms with Crippen LogP contribution >= 0.6 is 0 Å². The molecule has 0 saturated heterocycles. The van der Waals surface area contributed by atoms with Crippen molar-refractivity contribution < 1.29 is 17.9 Å². The molecule has 2 aromatic heterocycles. The van der Waals surface area contributed by atoms with E-state index in [4.69, 9.17) is 4.74 Å². The molecule has 0 aliphatic heterocycles. The Bertz CT molecular complexity index is 907. The zero-order valence-electron chi connectivity index (χ0n) is 13.6. The second-order valence-electron chi connectivity index (χ2n) is 5.68. The fraction of sp³-hybridized carbons (Fsp3) is 0.158. The highest BCUT2D eigenvalue weighted by molar-refractivity contribution is 5.71. The first-order valence-corrected chi connectivity index (χ1v) is 7.58. The van der Waals surface area contributed by atoms with Crippen molar-refractivity contribution in [1.29, 1.82) is 0 Å². The molecular weight excluding hydrogens is 329 g/mol. The van der Waals surface area contributed by atoms with Crippen molar-refractivity contribution in [2.75, 3.05) is 0 Å². The Labute approximate surface area is 143 Å². The molecule has 0 unspecified atom stereocenters. The van der Waals surface area contributed by atoms with Gasteiger partial charge in [-0.3, -0.25) is 4.98 Å². The van der Waals surface area contributed by atoms with Gasteiger partial charge in [-0.2, -0.15) is 0 Å². The normalized spacial score (nSPS) is 11.4. The summed E-state index contributed by atoms with van der Waals surface area (Å²) in [4.78, 5) is 8.22. The molecule has 6 heteroatoms. The van der Waals surface area contributed by atoms with Crippen LogP contribution in [0.2, 0.25) is 0 Å². The molecule has 25 heavy (non-hydrogen) atoms. The van der Waals surface area contributed by atoms with Gasteiger partial charge in [0, 0.05) is 42.2 Å². The number of hydrogen-bond donors (Lipinski definition) is 0. The smallest absolute Gasteiger partial charge is 0.270 e. The van der Waals surface area contributed by atoms with Gasteiger partial charge < -0.3 is 4.74 Å². The van der Waals surface area contributed by atoms with E-state index in [0.29, 0.717) is 12.5 Å². The molecule has 3 aromatic rings. The van der Waals surface area contributed by atoms with Gasteiger partial charge >= 0.3 is 0 Å².